The highest BCUT2D eigenvalue weighted by atomic mass is 16.7. The summed E-state index contributed by atoms with van der Waals surface area (Å²) in [6.45, 7) is 5.55. The Balaban J connectivity index is 2.72. The number of carbonyl (C=O) groups is 2. The Morgan fingerprint density at radius 2 is 1.04 bits per heavy atom. The van der Waals surface area contributed by atoms with Crippen molar-refractivity contribution in [2.75, 3.05) is 13.2 Å². The van der Waals surface area contributed by atoms with Gasteiger partial charge in [0.15, 0.2) is 12.4 Å². The van der Waals surface area contributed by atoms with Crippen LogP contribution >= 0.6 is 0 Å². The molecule has 0 aromatic carbocycles. The van der Waals surface area contributed by atoms with Gasteiger partial charge in [-0.2, -0.15) is 0 Å². The Labute approximate surface area is 444 Å². The first kappa shape index (κ1) is 67.6. The molecule has 11 heteroatoms. The van der Waals surface area contributed by atoms with Crippen molar-refractivity contribution >= 4 is 11.9 Å². The van der Waals surface area contributed by atoms with Crippen LogP contribution in [-0.4, -0.2) is 99.6 Å². The topological polar surface area (TPSA) is 175 Å². The minimum atomic E-state index is -1.65. The highest BCUT2D eigenvalue weighted by Gasteiger charge is 2.47. The Bertz CT molecular complexity index is 1550. The number of rotatable bonds is 47. The number of hydrogen-bond donors (Lipinski definition) is 6. The lowest BCUT2D eigenvalue weighted by atomic mass is 9.99. The molecule has 1 rings (SSSR count). The van der Waals surface area contributed by atoms with Crippen LogP contribution in [0.1, 0.15) is 220 Å². The van der Waals surface area contributed by atoms with E-state index >= 15 is 0 Å². The number of carbonyl (C=O) groups excluding carboxylic acids is 2. The zero-order chi connectivity index (χ0) is 53.3. The molecule has 1 heterocycles. The number of nitrogens with one attached hydrogen (secondary N) is 1. The Morgan fingerprint density at radius 1 is 0.562 bits per heavy atom. The van der Waals surface area contributed by atoms with Crippen molar-refractivity contribution in [2.24, 2.45) is 0 Å². The third-order valence-corrected chi connectivity index (χ3v) is 13.1. The van der Waals surface area contributed by atoms with Gasteiger partial charge in [-0.25, -0.2) is 0 Å². The van der Waals surface area contributed by atoms with Crippen molar-refractivity contribution in [3.63, 3.8) is 0 Å². The zero-order valence-electron chi connectivity index (χ0n) is 46.0. The van der Waals surface area contributed by atoms with Crippen molar-refractivity contribution in [3.8, 4) is 0 Å². The number of amides is 1. The maximum atomic E-state index is 13.4. The fraction of sp³-hybridized carbons (Fsp3) is 0.710. The number of esters is 1. The molecule has 418 valence electrons. The number of ether oxygens (including phenoxy) is 3. The molecule has 1 aliphatic heterocycles. The highest BCUT2D eigenvalue weighted by Crippen LogP contribution is 2.26. The number of hydrogen-bond acceptors (Lipinski definition) is 10. The van der Waals surface area contributed by atoms with Gasteiger partial charge < -0.3 is 45.1 Å². The Morgan fingerprint density at radius 3 is 1.60 bits per heavy atom. The van der Waals surface area contributed by atoms with Crippen LogP contribution in [0.25, 0.3) is 0 Å². The maximum absolute atomic E-state index is 13.4. The zero-order valence-corrected chi connectivity index (χ0v) is 46.0. The van der Waals surface area contributed by atoms with E-state index in [4.69, 9.17) is 14.2 Å². The van der Waals surface area contributed by atoms with E-state index in [9.17, 15) is 35.1 Å². The fourth-order valence-corrected chi connectivity index (χ4v) is 8.47. The average Bonchev–Trinajstić information content (AvgIpc) is 3.39. The maximum Gasteiger partial charge on any atom is 0.306 e. The van der Waals surface area contributed by atoms with Crippen molar-refractivity contribution in [1.82, 2.24) is 5.32 Å². The molecular formula is C62H105NO10. The lowest BCUT2D eigenvalue weighted by molar-refractivity contribution is -0.305. The van der Waals surface area contributed by atoms with Crippen LogP contribution in [0, 0.1) is 0 Å². The summed E-state index contributed by atoms with van der Waals surface area (Å²) >= 11 is 0. The van der Waals surface area contributed by atoms with E-state index in [1.165, 1.54) is 103 Å². The van der Waals surface area contributed by atoms with Crippen LogP contribution in [0.3, 0.4) is 0 Å². The van der Waals surface area contributed by atoms with E-state index in [1.54, 1.807) is 6.08 Å². The van der Waals surface area contributed by atoms with E-state index in [2.05, 4.69) is 56.5 Å². The van der Waals surface area contributed by atoms with Crippen LogP contribution in [0.2, 0.25) is 0 Å². The van der Waals surface area contributed by atoms with Gasteiger partial charge in [-0.05, 0) is 70.6 Å². The molecule has 0 spiro atoms. The van der Waals surface area contributed by atoms with E-state index < -0.39 is 67.4 Å². The summed E-state index contributed by atoms with van der Waals surface area (Å²) in [5.74, 6) is -1.28. The summed E-state index contributed by atoms with van der Waals surface area (Å²) in [7, 11) is 0. The molecule has 1 aliphatic rings. The smallest absolute Gasteiger partial charge is 0.306 e. The number of aliphatic hydroxyl groups is 5. The summed E-state index contributed by atoms with van der Waals surface area (Å²) in [5.41, 5.74) is 0. The number of aliphatic hydroxyl groups excluding tert-OH is 5. The van der Waals surface area contributed by atoms with Crippen LogP contribution in [0.5, 0.6) is 0 Å². The second kappa shape index (κ2) is 49.5. The quantitative estimate of drug-likeness (QED) is 0.0149. The van der Waals surface area contributed by atoms with Gasteiger partial charge in [0.25, 0.3) is 0 Å². The molecule has 0 aliphatic carbocycles. The molecule has 1 amide bonds. The summed E-state index contributed by atoms with van der Waals surface area (Å²) in [6, 6.07) is -1.04. The van der Waals surface area contributed by atoms with Gasteiger partial charge in [-0.3, -0.25) is 9.59 Å². The van der Waals surface area contributed by atoms with Gasteiger partial charge in [0.1, 0.15) is 24.4 Å². The van der Waals surface area contributed by atoms with Gasteiger partial charge in [0.05, 0.1) is 25.4 Å². The monoisotopic (exact) mass is 1020 g/mol. The van der Waals surface area contributed by atoms with E-state index in [1.807, 2.05) is 60.8 Å². The van der Waals surface area contributed by atoms with Crippen LogP contribution in [-0.2, 0) is 23.8 Å². The van der Waals surface area contributed by atoms with Crippen molar-refractivity contribution in [3.05, 3.63) is 97.2 Å². The van der Waals surface area contributed by atoms with Gasteiger partial charge in [0.2, 0.25) is 5.91 Å². The first-order chi connectivity index (χ1) is 35.7. The lowest BCUT2D eigenvalue weighted by Gasteiger charge is -2.41. The molecule has 1 saturated heterocycles. The number of unbranched alkanes of at least 4 members (excludes halogenated alkanes) is 23. The predicted molar refractivity (Wildman–Crippen MR) is 301 cm³/mol. The van der Waals surface area contributed by atoms with Crippen molar-refractivity contribution in [2.45, 2.75) is 269 Å². The predicted octanol–water partition coefficient (Wildman–Crippen LogP) is 13.2. The molecule has 73 heavy (non-hydrogen) atoms. The molecule has 0 radical (unpaired) electrons. The Kier molecular flexibility index (Phi) is 45.8. The SMILES string of the molecule is CC/C=C/C=C/C=C\C=C/C=C/CCCC(=O)OC1C(OCC(NC(=O)C(O)CCCCCCCCCCCC/C=C\C/C=C\CCCCC)C(O)/C=C/CCCCCCCCCCC)OC(CO)C(O)C1O. The lowest BCUT2D eigenvalue weighted by Crippen LogP contribution is -2.61. The summed E-state index contributed by atoms with van der Waals surface area (Å²) in [5, 5.41) is 56.8. The molecule has 0 aromatic rings. The highest BCUT2D eigenvalue weighted by molar-refractivity contribution is 5.80. The second-order valence-corrected chi connectivity index (χ2v) is 19.8. The molecule has 11 nitrogen and oxygen atoms in total. The second-order valence-electron chi connectivity index (χ2n) is 19.8. The molecular weight excluding hydrogens is 919 g/mol. The van der Waals surface area contributed by atoms with E-state index in [-0.39, 0.29) is 19.4 Å². The van der Waals surface area contributed by atoms with Gasteiger partial charge in [-0.15, -0.1) is 0 Å². The molecule has 1 fully saturated rings. The first-order valence-corrected chi connectivity index (χ1v) is 29.1. The van der Waals surface area contributed by atoms with Crippen molar-refractivity contribution in [1.29, 1.82) is 0 Å². The molecule has 0 aromatic heterocycles. The fourth-order valence-electron chi connectivity index (χ4n) is 8.47. The number of allylic oxidation sites excluding steroid dienone is 15. The third kappa shape index (κ3) is 37.9. The van der Waals surface area contributed by atoms with E-state index in [0.717, 1.165) is 64.2 Å². The summed E-state index contributed by atoms with van der Waals surface area (Å²) in [4.78, 5) is 26.4. The standard InChI is InChI=1S/C62H105NO10/c1-4-7-10-13-16-19-22-24-25-26-27-28-29-30-32-34-37-40-43-46-49-55(66)61(70)63-53(54(65)48-45-42-39-36-33-21-18-15-12-9-6-3)52-71-62-60(59(69)58(68)56(51-64)72-62)73-57(67)50-47-44-41-38-35-31-23-20-17-14-11-8-5-2/h8,11,14,16-17,19-20,23-25,31,35,38,41,45,48,53-56,58-60,62,64-66,68-69H,4-7,9-10,12-13,15,18,21-22,26-30,32-34,36-37,39-40,42-44,46-47,49-52H2,1-3H3,(H,63,70)/b11-8+,17-14+,19-16-,23-20-,25-24-,35-31-,41-38+,48-45+. The Hall–Kier alpha value is -3.42. The van der Waals surface area contributed by atoms with Crippen LogP contribution in [0.4, 0.5) is 0 Å². The summed E-state index contributed by atoms with van der Waals surface area (Å²) in [6.07, 6.45) is 54.6. The third-order valence-electron chi connectivity index (χ3n) is 13.1. The molecule has 6 N–H and O–H groups in total. The van der Waals surface area contributed by atoms with Gasteiger partial charge in [0, 0.05) is 6.42 Å². The molecule has 0 saturated carbocycles. The van der Waals surface area contributed by atoms with E-state index in [0.29, 0.717) is 19.3 Å². The average molecular weight is 1020 g/mol. The summed E-state index contributed by atoms with van der Waals surface area (Å²) < 4.78 is 17.5. The van der Waals surface area contributed by atoms with Gasteiger partial charge in [-0.1, -0.05) is 240 Å². The first-order valence-electron chi connectivity index (χ1n) is 29.1. The molecule has 0 bridgehead atoms. The van der Waals surface area contributed by atoms with Crippen molar-refractivity contribution < 1.29 is 49.3 Å². The largest absolute Gasteiger partial charge is 0.454 e. The normalized spacial score (nSPS) is 20.1. The molecule has 8 atom stereocenters. The molecule has 8 unspecified atom stereocenters. The van der Waals surface area contributed by atoms with Crippen LogP contribution < -0.4 is 5.32 Å². The van der Waals surface area contributed by atoms with Crippen LogP contribution in [0.15, 0.2) is 97.2 Å². The van der Waals surface area contributed by atoms with Gasteiger partial charge >= 0.3 is 5.97 Å². The minimum Gasteiger partial charge on any atom is -0.454 e. The minimum absolute atomic E-state index is 0.0229.